The predicted molar refractivity (Wildman–Crippen MR) is 285 cm³/mol. The zero-order valence-electron chi connectivity index (χ0n) is 46.7. The van der Waals surface area contributed by atoms with E-state index in [1.54, 1.807) is 0 Å². The SMILES string of the molecule is C=C1N(CCN(c2nc(N(CCC3CC(C)(C)N(C)C(C)(C)C3=O)C3CCCCC3)nc(N(CCN3CC(C)(C)N(C)C(C)(C)C3=O)C3CCCCC3)n2)C2CCCCC2)CC(C)(C)N(C)C1(C)C. The highest BCUT2D eigenvalue weighted by Crippen LogP contribution is 2.41. The van der Waals surface area contributed by atoms with Crippen LogP contribution in [0.4, 0.5) is 17.8 Å². The number of piperazine rings is 2. The molecule has 0 aromatic carbocycles. The lowest BCUT2D eigenvalue weighted by Crippen LogP contribution is -2.70. The lowest BCUT2D eigenvalue weighted by molar-refractivity contribution is -0.157. The van der Waals surface area contributed by atoms with Gasteiger partial charge in [0.1, 0.15) is 0 Å². The number of carbonyl (C=O) groups is 2. The van der Waals surface area contributed by atoms with Crippen molar-refractivity contribution in [2.24, 2.45) is 5.92 Å². The van der Waals surface area contributed by atoms with E-state index in [0.717, 1.165) is 101 Å². The lowest BCUT2D eigenvalue weighted by atomic mass is 9.72. The number of ketones is 1. The normalized spacial score (nSPS) is 27.2. The molecule has 13 heteroatoms. The molecular weight excluding hydrogens is 859 g/mol. The fraction of sp³-hybridized carbons (Fsp3) is 0.875. The van der Waals surface area contributed by atoms with Crippen molar-refractivity contribution in [2.75, 3.05) is 81.7 Å². The minimum atomic E-state index is -0.606. The van der Waals surface area contributed by atoms with E-state index in [4.69, 9.17) is 21.5 Å². The fourth-order valence-corrected chi connectivity index (χ4v) is 13.8. The number of Topliss-reactive ketones (excluding diaryl/α,β-unsaturated/α-hetero) is 1. The summed E-state index contributed by atoms with van der Waals surface area (Å²) in [6.07, 6.45) is 19.2. The maximum Gasteiger partial charge on any atom is 0.242 e. The minimum absolute atomic E-state index is 0.0238. The number of amides is 1. The fourth-order valence-electron chi connectivity index (χ4n) is 13.8. The van der Waals surface area contributed by atoms with E-state index in [1.165, 1.54) is 57.8 Å². The van der Waals surface area contributed by atoms with Crippen molar-refractivity contribution in [1.82, 2.24) is 39.5 Å². The van der Waals surface area contributed by atoms with Gasteiger partial charge in [0.2, 0.25) is 23.8 Å². The maximum atomic E-state index is 14.4. The van der Waals surface area contributed by atoms with Gasteiger partial charge in [-0.05, 0) is 156 Å². The Hall–Kier alpha value is -3.03. The molecule has 1 amide bonds. The molecule has 3 aliphatic heterocycles. The topological polar surface area (TPSA) is 98.7 Å². The monoisotopic (exact) mass is 958 g/mol. The zero-order chi connectivity index (χ0) is 50.5. The van der Waals surface area contributed by atoms with Gasteiger partial charge in [0.05, 0.1) is 16.6 Å². The van der Waals surface area contributed by atoms with Gasteiger partial charge in [0.25, 0.3) is 0 Å². The van der Waals surface area contributed by atoms with Gasteiger partial charge in [-0.1, -0.05) is 64.4 Å². The molecule has 3 aliphatic carbocycles. The highest BCUT2D eigenvalue weighted by Gasteiger charge is 2.51. The predicted octanol–water partition coefficient (Wildman–Crippen LogP) is 9.41. The van der Waals surface area contributed by atoms with Crippen molar-refractivity contribution in [1.29, 1.82) is 0 Å². The Morgan fingerprint density at radius 1 is 0.493 bits per heavy atom. The summed E-state index contributed by atoms with van der Waals surface area (Å²) in [4.78, 5) is 65.2. The smallest absolute Gasteiger partial charge is 0.242 e. The molecule has 0 spiro atoms. The van der Waals surface area contributed by atoms with E-state index >= 15 is 0 Å². The number of rotatable bonds is 15. The Morgan fingerprint density at radius 2 is 0.855 bits per heavy atom. The second-order valence-electron chi connectivity index (χ2n) is 26.1. The molecule has 390 valence electrons. The van der Waals surface area contributed by atoms with Crippen molar-refractivity contribution in [3.63, 3.8) is 0 Å². The second-order valence-corrected chi connectivity index (χ2v) is 26.1. The van der Waals surface area contributed by atoms with Gasteiger partial charge < -0.3 is 24.5 Å². The first-order valence-electron chi connectivity index (χ1n) is 27.8. The van der Waals surface area contributed by atoms with Crippen molar-refractivity contribution in [3.05, 3.63) is 12.3 Å². The van der Waals surface area contributed by atoms with Crippen LogP contribution in [0.2, 0.25) is 0 Å². The van der Waals surface area contributed by atoms with Gasteiger partial charge in [-0.3, -0.25) is 24.3 Å². The van der Waals surface area contributed by atoms with Crippen LogP contribution in [0.15, 0.2) is 12.3 Å². The number of anilines is 3. The van der Waals surface area contributed by atoms with Crippen LogP contribution >= 0.6 is 0 Å². The first-order valence-corrected chi connectivity index (χ1v) is 27.8. The molecule has 69 heavy (non-hydrogen) atoms. The summed E-state index contributed by atoms with van der Waals surface area (Å²) in [7, 11) is 6.46. The number of piperidine rings is 1. The van der Waals surface area contributed by atoms with Gasteiger partial charge in [-0.25, -0.2) is 0 Å². The van der Waals surface area contributed by atoms with Gasteiger partial charge in [0, 0.05) is 92.2 Å². The summed E-state index contributed by atoms with van der Waals surface area (Å²) in [5.74, 6) is 2.80. The molecular formula is C56H99N11O2. The van der Waals surface area contributed by atoms with Crippen LogP contribution in [0.25, 0.3) is 0 Å². The van der Waals surface area contributed by atoms with Crippen molar-refractivity contribution >= 4 is 29.5 Å². The van der Waals surface area contributed by atoms with E-state index in [2.05, 4.69) is 143 Å². The average Bonchev–Trinajstić information content (AvgIpc) is 3.31. The van der Waals surface area contributed by atoms with Crippen LogP contribution in [0, 0.1) is 5.92 Å². The van der Waals surface area contributed by atoms with Gasteiger partial charge >= 0.3 is 0 Å². The summed E-state index contributed by atoms with van der Waals surface area (Å²) in [6.45, 7) is 36.8. The largest absolute Gasteiger partial charge is 0.370 e. The van der Waals surface area contributed by atoms with Crippen molar-refractivity contribution in [2.45, 2.75) is 244 Å². The van der Waals surface area contributed by atoms with Crippen LogP contribution in [-0.2, 0) is 9.59 Å². The third-order valence-electron chi connectivity index (χ3n) is 19.4. The molecule has 0 radical (unpaired) electrons. The quantitative estimate of drug-likeness (QED) is 0.168. The Balaban J connectivity index is 1.33. The number of hydrogen-bond donors (Lipinski definition) is 0. The van der Waals surface area contributed by atoms with Gasteiger partial charge in [0.15, 0.2) is 5.78 Å². The standard InChI is InChI=1S/C56H99N11O2/c1-41-54(8,9)61(15)52(4,5)39-63(41)34-36-66(44-28-22-18-23-29-44)49-57-48(65(43-26-20-17-21-27-43)33-32-42-38-51(2,3)60(14)55(10,11)46(42)68)58-50(59-49)67(45-30-24-19-25-31-45)37-35-64-40-53(6,7)62(16)56(12,13)47(64)69/h42-45H,1,17-40H2,2-16H3. The Labute approximate surface area is 420 Å². The second kappa shape index (κ2) is 20.5. The first-order chi connectivity index (χ1) is 32.2. The minimum Gasteiger partial charge on any atom is -0.370 e. The Kier molecular flexibility index (Phi) is 15.9. The maximum absolute atomic E-state index is 14.4. The van der Waals surface area contributed by atoms with E-state index in [0.29, 0.717) is 37.5 Å². The summed E-state index contributed by atoms with van der Waals surface area (Å²) >= 11 is 0. The van der Waals surface area contributed by atoms with Crippen LogP contribution in [-0.4, -0.2) is 169 Å². The number of likely N-dealkylation sites (tertiary alicyclic amines) is 1. The summed E-state index contributed by atoms with van der Waals surface area (Å²) in [5.41, 5.74) is -0.444. The summed E-state index contributed by atoms with van der Waals surface area (Å²) in [5, 5.41) is 0. The molecule has 3 saturated heterocycles. The highest BCUT2D eigenvalue weighted by molar-refractivity contribution is 5.91. The lowest BCUT2D eigenvalue weighted by Gasteiger charge is -2.57. The molecule has 7 rings (SSSR count). The molecule has 6 fully saturated rings. The number of nitrogens with zero attached hydrogens (tertiary/aromatic N) is 11. The first kappa shape index (κ1) is 53.8. The molecule has 6 aliphatic rings. The third-order valence-corrected chi connectivity index (χ3v) is 19.4. The van der Waals surface area contributed by atoms with Crippen LogP contribution in [0.3, 0.4) is 0 Å². The molecule has 13 nitrogen and oxygen atoms in total. The average molecular weight is 958 g/mol. The van der Waals surface area contributed by atoms with Crippen LogP contribution < -0.4 is 14.7 Å². The van der Waals surface area contributed by atoms with E-state index in [9.17, 15) is 9.59 Å². The molecule has 0 bridgehead atoms. The van der Waals surface area contributed by atoms with E-state index in [1.807, 2.05) is 0 Å². The third kappa shape index (κ3) is 11.0. The van der Waals surface area contributed by atoms with Gasteiger partial charge in [-0.2, -0.15) is 15.0 Å². The molecule has 1 unspecified atom stereocenters. The van der Waals surface area contributed by atoms with Crippen molar-refractivity contribution in [3.8, 4) is 0 Å². The summed E-state index contributed by atoms with van der Waals surface area (Å²) < 4.78 is 0. The van der Waals surface area contributed by atoms with Crippen LogP contribution in [0.5, 0.6) is 0 Å². The number of likely N-dealkylation sites (N-methyl/N-ethyl adjacent to an activating group) is 3. The molecule has 4 heterocycles. The van der Waals surface area contributed by atoms with Gasteiger partial charge in [-0.15, -0.1) is 0 Å². The number of aromatic nitrogens is 3. The van der Waals surface area contributed by atoms with Crippen LogP contribution in [0.1, 0.15) is 192 Å². The van der Waals surface area contributed by atoms with E-state index < -0.39 is 11.1 Å². The molecule has 1 aromatic rings. The molecule has 1 atom stereocenters. The van der Waals surface area contributed by atoms with Crippen molar-refractivity contribution < 1.29 is 9.59 Å². The Bertz CT molecular complexity index is 1730. The Morgan fingerprint density at radius 3 is 1.29 bits per heavy atom. The summed E-state index contributed by atoms with van der Waals surface area (Å²) in [6, 6.07) is 0.890. The molecule has 0 N–H and O–H groups in total. The molecule has 3 saturated carbocycles. The zero-order valence-corrected chi connectivity index (χ0v) is 46.7. The van der Waals surface area contributed by atoms with E-state index in [-0.39, 0.29) is 40.0 Å². The molecule has 1 aromatic heterocycles. The number of hydrogen-bond acceptors (Lipinski definition) is 12. The highest BCUT2D eigenvalue weighted by atomic mass is 16.2. The number of carbonyl (C=O) groups excluding carboxylic acids is 2.